The molecule has 2 heterocycles. The van der Waals surface area contributed by atoms with Crippen molar-refractivity contribution in [3.63, 3.8) is 0 Å². The summed E-state index contributed by atoms with van der Waals surface area (Å²) in [6.07, 6.45) is 1.34. The third-order valence-electron chi connectivity index (χ3n) is 2.90. The Morgan fingerprint density at radius 2 is 2.46 bits per heavy atom. The van der Waals surface area contributed by atoms with E-state index in [-0.39, 0.29) is 18.0 Å². The fourth-order valence-corrected chi connectivity index (χ4v) is 2.07. The zero-order valence-corrected chi connectivity index (χ0v) is 7.91. The zero-order valence-electron chi connectivity index (χ0n) is 7.91. The van der Waals surface area contributed by atoms with Crippen LogP contribution in [0.1, 0.15) is 19.8 Å². The van der Waals surface area contributed by atoms with Gasteiger partial charge in [-0.2, -0.15) is 0 Å². The van der Waals surface area contributed by atoms with Crippen molar-refractivity contribution in [3.8, 4) is 0 Å². The predicted molar refractivity (Wildman–Crippen MR) is 44.0 cm³/mol. The molecule has 2 rings (SSSR count). The summed E-state index contributed by atoms with van der Waals surface area (Å²) in [4.78, 5) is 11.3. The molecule has 0 aliphatic carbocycles. The van der Waals surface area contributed by atoms with E-state index < -0.39 is 5.79 Å². The van der Waals surface area contributed by atoms with Gasteiger partial charge in [0.05, 0.1) is 25.7 Å². The normalized spacial score (nSPS) is 42.3. The van der Waals surface area contributed by atoms with E-state index in [0.717, 1.165) is 6.42 Å². The van der Waals surface area contributed by atoms with E-state index in [1.807, 2.05) is 6.92 Å². The number of carbonyl (C=O) groups excluding carboxylic acids is 1. The van der Waals surface area contributed by atoms with Gasteiger partial charge in [-0.3, -0.25) is 4.79 Å². The molecule has 74 valence electrons. The summed E-state index contributed by atoms with van der Waals surface area (Å²) >= 11 is 0. The van der Waals surface area contributed by atoms with Crippen LogP contribution in [0.5, 0.6) is 0 Å². The average Bonchev–Trinajstić information content (AvgIpc) is 2.74. The second kappa shape index (κ2) is 2.96. The predicted octanol–water partition coefficient (Wildman–Crippen LogP) is 0.701. The highest BCUT2D eigenvalue weighted by Crippen LogP contribution is 2.44. The van der Waals surface area contributed by atoms with Crippen LogP contribution in [0.3, 0.4) is 0 Å². The molecule has 2 aliphatic rings. The van der Waals surface area contributed by atoms with Crippen molar-refractivity contribution in [3.05, 3.63) is 0 Å². The molecule has 4 nitrogen and oxygen atoms in total. The van der Waals surface area contributed by atoms with Crippen molar-refractivity contribution in [1.82, 2.24) is 0 Å². The number of carbonyl (C=O) groups is 1. The second-order valence-corrected chi connectivity index (χ2v) is 3.57. The summed E-state index contributed by atoms with van der Waals surface area (Å²) < 4.78 is 15.8. The minimum Gasteiger partial charge on any atom is -0.469 e. The number of methoxy groups -OCH3 is 1. The van der Waals surface area contributed by atoms with E-state index in [2.05, 4.69) is 0 Å². The minimum atomic E-state index is -0.497. The molecule has 0 saturated carbocycles. The Balaban J connectivity index is 2.09. The van der Waals surface area contributed by atoms with E-state index in [1.54, 1.807) is 0 Å². The highest BCUT2D eigenvalue weighted by atomic mass is 16.8. The van der Waals surface area contributed by atoms with Gasteiger partial charge < -0.3 is 14.2 Å². The van der Waals surface area contributed by atoms with Crippen molar-refractivity contribution in [1.29, 1.82) is 0 Å². The highest BCUT2D eigenvalue weighted by molar-refractivity contribution is 5.73. The number of hydrogen-bond donors (Lipinski definition) is 0. The first-order chi connectivity index (χ1) is 6.21. The van der Waals surface area contributed by atoms with Gasteiger partial charge in [-0.05, 0) is 6.42 Å². The molecule has 2 bridgehead atoms. The lowest BCUT2D eigenvalue weighted by Gasteiger charge is -2.24. The summed E-state index contributed by atoms with van der Waals surface area (Å²) in [6.45, 7) is 2.52. The minimum absolute atomic E-state index is 0.0904. The van der Waals surface area contributed by atoms with Crippen LogP contribution < -0.4 is 0 Å². The molecular formula is C9H14O4. The summed E-state index contributed by atoms with van der Waals surface area (Å²) in [6, 6.07) is 0. The van der Waals surface area contributed by atoms with Crippen LogP contribution in [-0.4, -0.2) is 31.6 Å². The highest BCUT2D eigenvalue weighted by Gasteiger charge is 2.55. The fourth-order valence-electron chi connectivity index (χ4n) is 2.07. The van der Waals surface area contributed by atoms with Crippen molar-refractivity contribution in [2.45, 2.75) is 31.7 Å². The van der Waals surface area contributed by atoms with E-state index in [9.17, 15) is 4.79 Å². The van der Waals surface area contributed by atoms with E-state index >= 15 is 0 Å². The van der Waals surface area contributed by atoms with E-state index in [0.29, 0.717) is 13.0 Å². The van der Waals surface area contributed by atoms with Crippen molar-refractivity contribution in [2.24, 2.45) is 5.92 Å². The van der Waals surface area contributed by atoms with Gasteiger partial charge in [-0.1, -0.05) is 6.92 Å². The first-order valence-electron chi connectivity index (χ1n) is 4.60. The van der Waals surface area contributed by atoms with E-state index in [4.69, 9.17) is 14.2 Å². The quantitative estimate of drug-likeness (QED) is 0.595. The van der Waals surface area contributed by atoms with Crippen LogP contribution >= 0.6 is 0 Å². The van der Waals surface area contributed by atoms with Gasteiger partial charge in [0.1, 0.15) is 0 Å². The third kappa shape index (κ3) is 1.25. The Hall–Kier alpha value is -0.610. The molecule has 2 aliphatic heterocycles. The molecule has 4 heteroatoms. The maximum Gasteiger partial charge on any atom is 0.311 e. The standard InChI is InChI=1S/C9H14O4/c1-3-9-4-6(8(10)11-2)7(13-9)5-12-9/h6-7H,3-5H2,1-2H3/t6-,7-,9-/m0/s1. The van der Waals surface area contributed by atoms with Crippen LogP contribution in [0.4, 0.5) is 0 Å². The Morgan fingerprint density at radius 1 is 1.69 bits per heavy atom. The molecule has 0 aromatic rings. The molecule has 2 fully saturated rings. The number of fused-ring (bicyclic) bond motifs is 2. The maximum absolute atomic E-state index is 11.3. The smallest absolute Gasteiger partial charge is 0.311 e. The lowest BCUT2D eigenvalue weighted by atomic mass is 9.95. The first kappa shape index (κ1) is 8.97. The molecule has 2 saturated heterocycles. The van der Waals surface area contributed by atoms with Gasteiger partial charge in [-0.15, -0.1) is 0 Å². The average molecular weight is 186 g/mol. The van der Waals surface area contributed by atoms with Crippen LogP contribution in [0.2, 0.25) is 0 Å². The third-order valence-corrected chi connectivity index (χ3v) is 2.90. The van der Waals surface area contributed by atoms with Gasteiger partial charge >= 0.3 is 5.97 Å². The fraction of sp³-hybridized carbons (Fsp3) is 0.889. The Kier molecular flexibility index (Phi) is 2.04. The van der Waals surface area contributed by atoms with Crippen LogP contribution in [0.25, 0.3) is 0 Å². The lowest BCUT2D eigenvalue weighted by Crippen LogP contribution is -2.34. The summed E-state index contributed by atoms with van der Waals surface area (Å²) in [5.74, 6) is -0.800. The number of rotatable bonds is 2. The second-order valence-electron chi connectivity index (χ2n) is 3.57. The number of hydrogen-bond acceptors (Lipinski definition) is 4. The summed E-state index contributed by atoms with van der Waals surface area (Å²) in [7, 11) is 1.41. The molecule has 0 aromatic heterocycles. The number of esters is 1. The summed E-state index contributed by atoms with van der Waals surface area (Å²) in [5.41, 5.74) is 0. The largest absolute Gasteiger partial charge is 0.469 e. The molecule has 0 spiro atoms. The van der Waals surface area contributed by atoms with Gasteiger partial charge in [-0.25, -0.2) is 0 Å². The monoisotopic (exact) mass is 186 g/mol. The Morgan fingerprint density at radius 3 is 3.00 bits per heavy atom. The van der Waals surface area contributed by atoms with Gasteiger partial charge in [0.2, 0.25) is 0 Å². The van der Waals surface area contributed by atoms with Gasteiger partial charge in [0.25, 0.3) is 0 Å². The van der Waals surface area contributed by atoms with Crippen molar-refractivity contribution in [2.75, 3.05) is 13.7 Å². The van der Waals surface area contributed by atoms with Gasteiger partial charge in [0.15, 0.2) is 5.79 Å². The Labute approximate surface area is 77.1 Å². The summed E-state index contributed by atoms with van der Waals surface area (Å²) in [5, 5.41) is 0. The SMILES string of the molecule is CC[C@]12C[C@H](C(=O)OC)[C@H](CO1)O2. The molecule has 3 atom stereocenters. The topological polar surface area (TPSA) is 44.8 Å². The van der Waals surface area contributed by atoms with Crippen LogP contribution in [0, 0.1) is 5.92 Å². The molecule has 0 amide bonds. The molecule has 13 heavy (non-hydrogen) atoms. The van der Waals surface area contributed by atoms with Crippen molar-refractivity contribution >= 4 is 5.97 Å². The molecule has 0 radical (unpaired) electrons. The lowest BCUT2D eigenvalue weighted by molar-refractivity contribution is -0.154. The molecule has 0 aromatic carbocycles. The number of ether oxygens (including phenoxy) is 3. The molecule has 0 unspecified atom stereocenters. The molecule has 0 N–H and O–H groups in total. The molecular weight excluding hydrogens is 172 g/mol. The van der Waals surface area contributed by atoms with Gasteiger partial charge in [0, 0.05) is 6.42 Å². The van der Waals surface area contributed by atoms with Crippen LogP contribution in [-0.2, 0) is 19.0 Å². The maximum atomic E-state index is 11.3. The first-order valence-corrected chi connectivity index (χ1v) is 4.60. The van der Waals surface area contributed by atoms with E-state index in [1.165, 1.54) is 7.11 Å². The zero-order chi connectivity index (χ0) is 9.47. The van der Waals surface area contributed by atoms with Crippen LogP contribution in [0.15, 0.2) is 0 Å². The van der Waals surface area contributed by atoms with Crippen molar-refractivity contribution < 1.29 is 19.0 Å². The Bertz CT molecular complexity index is 228.